The van der Waals surface area contributed by atoms with Crippen LogP contribution in [0.4, 0.5) is 4.79 Å². The third-order valence-electron chi connectivity index (χ3n) is 2.55. The van der Waals surface area contributed by atoms with Gasteiger partial charge < -0.3 is 14.8 Å². The van der Waals surface area contributed by atoms with Gasteiger partial charge >= 0.3 is 0 Å². The minimum absolute atomic E-state index is 0.168. The molecule has 0 aliphatic carbocycles. The van der Waals surface area contributed by atoms with Crippen molar-refractivity contribution >= 4 is 23.3 Å². The largest absolute Gasteiger partial charge is 0.530 e. The zero-order valence-corrected chi connectivity index (χ0v) is 12.1. The summed E-state index contributed by atoms with van der Waals surface area (Å²) >= 11 is 1.20. The second kappa shape index (κ2) is 5.54. The third kappa shape index (κ3) is 3.42. The normalized spacial score (nSPS) is 12.9. The SMILES string of the molecule is CC(c1nc(C(=O)NN)cs1)N(C(=O)[O-])C(C)(C)C. The highest BCUT2D eigenvalue weighted by Gasteiger charge is 2.29. The summed E-state index contributed by atoms with van der Waals surface area (Å²) in [7, 11) is 0. The minimum Gasteiger partial charge on any atom is -0.530 e. The molecule has 106 valence electrons. The Labute approximate surface area is 115 Å². The fourth-order valence-corrected chi connectivity index (χ4v) is 2.63. The van der Waals surface area contributed by atoms with Gasteiger partial charge in [0.2, 0.25) is 0 Å². The molecule has 0 aliphatic heterocycles. The van der Waals surface area contributed by atoms with E-state index in [1.54, 1.807) is 27.7 Å². The molecule has 0 aromatic carbocycles. The van der Waals surface area contributed by atoms with Crippen LogP contribution >= 0.6 is 11.3 Å². The number of aromatic nitrogens is 1. The van der Waals surface area contributed by atoms with Gasteiger partial charge in [-0.1, -0.05) is 0 Å². The van der Waals surface area contributed by atoms with Crippen LogP contribution in [0.15, 0.2) is 5.38 Å². The quantitative estimate of drug-likeness (QED) is 0.470. The van der Waals surface area contributed by atoms with E-state index < -0.39 is 23.6 Å². The molecule has 1 rings (SSSR count). The number of carbonyl (C=O) groups is 2. The van der Waals surface area contributed by atoms with Crippen LogP contribution in [-0.4, -0.2) is 27.4 Å². The highest BCUT2D eigenvalue weighted by atomic mass is 32.1. The first-order valence-electron chi connectivity index (χ1n) is 5.65. The average molecular weight is 285 g/mol. The Morgan fingerprint density at radius 1 is 1.53 bits per heavy atom. The number of hydrazine groups is 1. The van der Waals surface area contributed by atoms with Gasteiger partial charge in [-0.05, 0) is 27.7 Å². The number of nitrogens with two attached hydrogens (primary N) is 1. The lowest BCUT2D eigenvalue weighted by Crippen LogP contribution is -2.52. The van der Waals surface area contributed by atoms with E-state index in [1.807, 2.05) is 5.43 Å². The van der Waals surface area contributed by atoms with Crippen molar-refractivity contribution in [1.82, 2.24) is 15.3 Å². The topological polar surface area (TPSA) is 111 Å². The number of rotatable bonds is 3. The van der Waals surface area contributed by atoms with Crippen LogP contribution < -0.4 is 16.4 Å². The van der Waals surface area contributed by atoms with E-state index in [1.165, 1.54) is 21.6 Å². The number of thiazole rings is 1. The Morgan fingerprint density at radius 2 is 2.11 bits per heavy atom. The summed E-state index contributed by atoms with van der Waals surface area (Å²) in [6.07, 6.45) is -1.28. The van der Waals surface area contributed by atoms with Crippen molar-refractivity contribution < 1.29 is 14.7 Å². The summed E-state index contributed by atoms with van der Waals surface area (Å²) in [5.74, 6) is 4.51. The number of carbonyl (C=O) groups excluding carboxylic acids is 2. The molecule has 1 heterocycles. The molecule has 1 aromatic heterocycles. The van der Waals surface area contributed by atoms with E-state index in [2.05, 4.69) is 4.98 Å². The summed E-state index contributed by atoms with van der Waals surface area (Å²) in [5.41, 5.74) is 1.52. The molecular formula is C11H17N4O3S-. The van der Waals surface area contributed by atoms with Crippen LogP contribution in [0.25, 0.3) is 0 Å². The van der Waals surface area contributed by atoms with Crippen LogP contribution in [0.2, 0.25) is 0 Å². The number of carboxylic acid groups (broad SMARTS) is 1. The maximum atomic E-state index is 11.3. The molecule has 7 nitrogen and oxygen atoms in total. The Kier molecular flexibility index (Phi) is 4.48. The Bertz CT molecular complexity index is 481. The number of hydrogen-bond acceptors (Lipinski definition) is 6. The summed E-state index contributed by atoms with van der Waals surface area (Å²) in [5, 5.41) is 13.3. The van der Waals surface area contributed by atoms with Crippen molar-refractivity contribution in [2.24, 2.45) is 5.84 Å². The number of amides is 2. The van der Waals surface area contributed by atoms with Gasteiger partial charge in [0.25, 0.3) is 5.91 Å². The molecule has 3 N–H and O–H groups in total. The van der Waals surface area contributed by atoms with Crippen molar-refractivity contribution in [3.63, 3.8) is 0 Å². The van der Waals surface area contributed by atoms with Gasteiger partial charge in [0, 0.05) is 10.9 Å². The van der Waals surface area contributed by atoms with E-state index in [0.29, 0.717) is 5.01 Å². The van der Waals surface area contributed by atoms with Crippen LogP contribution in [0.3, 0.4) is 0 Å². The molecule has 0 fully saturated rings. The van der Waals surface area contributed by atoms with Crippen molar-refractivity contribution in [1.29, 1.82) is 0 Å². The first-order chi connectivity index (χ1) is 8.68. The molecule has 8 heteroatoms. The fourth-order valence-electron chi connectivity index (χ4n) is 1.78. The molecule has 1 unspecified atom stereocenters. The van der Waals surface area contributed by atoms with Crippen molar-refractivity contribution in [2.45, 2.75) is 39.3 Å². The van der Waals surface area contributed by atoms with Gasteiger partial charge in [-0.2, -0.15) is 0 Å². The van der Waals surface area contributed by atoms with Crippen molar-refractivity contribution in [2.75, 3.05) is 0 Å². The van der Waals surface area contributed by atoms with E-state index >= 15 is 0 Å². The molecular weight excluding hydrogens is 268 g/mol. The van der Waals surface area contributed by atoms with Gasteiger partial charge in [0.15, 0.2) is 0 Å². The van der Waals surface area contributed by atoms with E-state index in [-0.39, 0.29) is 5.69 Å². The molecule has 0 radical (unpaired) electrons. The van der Waals surface area contributed by atoms with Crippen LogP contribution in [0.5, 0.6) is 0 Å². The summed E-state index contributed by atoms with van der Waals surface area (Å²) in [6, 6.07) is -0.505. The molecule has 1 aromatic rings. The minimum atomic E-state index is -1.28. The molecule has 0 spiro atoms. The lowest BCUT2D eigenvalue weighted by Gasteiger charge is -2.41. The standard InChI is InChI=1S/C11H18N4O3S/c1-6(15(10(17)18)11(2,3)4)9-13-7(5-19-9)8(16)14-12/h5-6H,12H2,1-4H3,(H,14,16)(H,17,18)/p-1. The van der Waals surface area contributed by atoms with Crippen LogP contribution in [0.1, 0.15) is 49.2 Å². The smallest absolute Gasteiger partial charge is 0.284 e. The first-order valence-corrected chi connectivity index (χ1v) is 6.53. The molecule has 0 saturated heterocycles. The van der Waals surface area contributed by atoms with Gasteiger partial charge in [-0.3, -0.25) is 10.2 Å². The summed E-state index contributed by atoms with van der Waals surface area (Å²) in [6.45, 7) is 6.99. The number of hydrogen-bond donors (Lipinski definition) is 2. The predicted octanol–water partition coefficient (Wildman–Crippen LogP) is 0.251. The second-order valence-corrected chi connectivity index (χ2v) is 5.92. The van der Waals surface area contributed by atoms with Crippen molar-refractivity contribution in [3.8, 4) is 0 Å². The molecule has 2 amide bonds. The third-order valence-corrected chi connectivity index (χ3v) is 3.56. The fraction of sp³-hybridized carbons (Fsp3) is 0.545. The Morgan fingerprint density at radius 3 is 2.53 bits per heavy atom. The highest BCUT2D eigenvalue weighted by molar-refractivity contribution is 7.09. The zero-order chi connectivity index (χ0) is 14.8. The molecule has 1 atom stereocenters. The highest BCUT2D eigenvalue weighted by Crippen LogP contribution is 2.29. The lowest BCUT2D eigenvalue weighted by molar-refractivity contribution is -0.273. The zero-order valence-electron chi connectivity index (χ0n) is 11.3. The summed E-state index contributed by atoms with van der Waals surface area (Å²) in [4.78, 5) is 27.8. The monoisotopic (exact) mass is 285 g/mol. The van der Waals surface area contributed by atoms with Gasteiger partial charge in [-0.25, -0.2) is 10.8 Å². The van der Waals surface area contributed by atoms with Gasteiger partial charge in [0.05, 0.1) is 6.04 Å². The average Bonchev–Trinajstić information content (AvgIpc) is 2.74. The maximum Gasteiger partial charge on any atom is 0.284 e. The number of nitrogens with one attached hydrogen (secondary N) is 1. The van der Waals surface area contributed by atoms with Crippen molar-refractivity contribution in [3.05, 3.63) is 16.1 Å². The van der Waals surface area contributed by atoms with E-state index in [4.69, 9.17) is 5.84 Å². The number of nitrogens with zero attached hydrogens (tertiary/aromatic N) is 2. The number of nitrogen functional groups attached to an aromatic ring is 1. The van der Waals surface area contributed by atoms with Gasteiger partial charge in [0.1, 0.15) is 16.8 Å². The maximum absolute atomic E-state index is 11.3. The molecule has 0 aliphatic rings. The van der Waals surface area contributed by atoms with Gasteiger partial charge in [-0.15, -0.1) is 11.3 Å². The lowest BCUT2D eigenvalue weighted by atomic mass is 10.0. The first kappa shape index (κ1) is 15.4. The second-order valence-electron chi connectivity index (χ2n) is 5.03. The van der Waals surface area contributed by atoms with E-state index in [9.17, 15) is 14.7 Å². The summed E-state index contributed by atoms with van der Waals surface area (Å²) < 4.78 is 0. The van der Waals surface area contributed by atoms with Crippen LogP contribution in [0, 0.1) is 0 Å². The van der Waals surface area contributed by atoms with Crippen LogP contribution in [-0.2, 0) is 0 Å². The molecule has 19 heavy (non-hydrogen) atoms. The predicted molar refractivity (Wildman–Crippen MR) is 69.2 cm³/mol. The molecule has 0 bridgehead atoms. The Hall–Kier alpha value is -1.67. The Balaban J connectivity index is 3.04. The molecule has 0 saturated carbocycles. The van der Waals surface area contributed by atoms with E-state index in [0.717, 1.165) is 0 Å².